The van der Waals surface area contributed by atoms with Crippen molar-refractivity contribution in [3.63, 3.8) is 0 Å². The predicted molar refractivity (Wildman–Crippen MR) is 68.8 cm³/mol. The second-order valence-electron chi connectivity index (χ2n) is 3.80. The molecule has 2 rings (SSSR count). The second kappa shape index (κ2) is 5.80. The molecule has 90 valence electrons. The van der Waals surface area contributed by atoms with Crippen molar-refractivity contribution in [3.8, 4) is 6.07 Å². The highest BCUT2D eigenvalue weighted by molar-refractivity contribution is 5.54. The summed E-state index contributed by atoms with van der Waals surface area (Å²) in [6, 6.07) is 14.9. The fraction of sp³-hybridized carbons (Fsp3) is 0.143. The van der Waals surface area contributed by atoms with Crippen LogP contribution in [0.25, 0.3) is 0 Å². The number of hydrogen-bond donors (Lipinski definition) is 2. The van der Waals surface area contributed by atoms with Crippen LogP contribution in [-0.2, 0) is 0 Å². The van der Waals surface area contributed by atoms with Crippen LogP contribution < -0.4 is 5.32 Å². The van der Waals surface area contributed by atoms with Gasteiger partial charge in [0.2, 0.25) is 0 Å². The van der Waals surface area contributed by atoms with E-state index < -0.39 is 0 Å². The molecule has 1 atom stereocenters. The zero-order valence-corrected chi connectivity index (χ0v) is 9.74. The van der Waals surface area contributed by atoms with Gasteiger partial charge >= 0.3 is 0 Å². The van der Waals surface area contributed by atoms with Crippen molar-refractivity contribution in [3.05, 3.63) is 59.9 Å². The van der Waals surface area contributed by atoms with E-state index in [4.69, 9.17) is 5.26 Å². The minimum absolute atomic E-state index is 0.0518. The van der Waals surface area contributed by atoms with Gasteiger partial charge in [-0.3, -0.25) is 0 Å². The predicted octanol–water partition coefficient (Wildman–Crippen LogP) is 2.10. The molecule has 2 N–H and O–H groups in total. The van der Waals surface area contributed by atoms with Crippen LogP contribution in [0.2, 0.25) is 0 Å². The van der Waals surface area contributed by atoms with Crippen LogP contribution in [0.3, 0.4) is 0 Å². The highest BCUT2D eigenvalue weighted by atomic mass is 16.3. The summed E-state index contributed by atoms with van der Waals surface area (Å²) < 4.78 is 0. The first-order valence-corrected chi connectivity index (χ1v) is 5.62. The number of anilines is 1. The van der Waals surface area contributed by atoms with E-state index in [1.54, 1.807) is 18.3 Å². The van der Waals surface area contributed by atoms with E-state index in [0.29, 0.717) is 11.4 Å². The molecule has 2 aromatic rings. The van der Waals surface area contributed by atoms with Gasteiger partial charge in [-0.15, -0.1) is 0 Å². The third kappa shape index (κ3) is 2.65. The zero-order chi connectivity index (χ0) is 12.8. The number of aliphatic hydroxyl groups excluding tert-OH is 1. The lowest BCUT2D eigenvalue weighted by molar-refractivity contribution is 0.276. The van der Waals surface area contributed by atoms with E-state index >= 15 is 0 Å². The molecule has 4 heteroatoms. The Kier molecular flexibility index (Phi) is 3.90. The van der Waals surface area contributed by atoms with Gasteiger partial charge in [-0.2, -0.15) is 5.26 Å². The van der Waals surface area contributed by atoms with Crippen molar-refractivity contribution in [2.45, 2.75) is 6.04 Å². The van der Waals surface area contributed by atoms with Crippen molar-refractivity contribution in [1.29, 1.82) is 5.26 Å². The average molecular weight is 239 g/mol. The molecule has 1 unspecified atom stereocenters. The normalized spacial score (nSPS) is 11.6. The van der Waals surface area contributed by atoms with E-state index in [-0.39, 0.29) is 12.6 Å². The summed E-state index contributed by atoms with van der Waals surface area (Å²) >= 11 is 0. The molecule has 0 amide bonds. The molecule has 0 radical (unpaired) electrons. The number of aliphatic hydroxyl groups is 1. The fourth-order valence-corrected chi connectivity index (χ4v) is 1.72. The SMILES string of the molecule is N#Cc1ncccc1NC(CO)c1ccccc1. The highest BCUT2D eigenvalue weighted by Crippen LogP contribution is 2.20. The lowest BCUT2D eigenvalue weighted by atomic mass is 10.1. The lowest BCUT2D eigenvalue weighted by Gasteiger charge is -2.18. The highest BCUT2D eigenvalue weighted by Gasteiger charge is 2.11. The summed E-state index contributed by atoms with van der Waals surface area (Å²) in [6.45, 7) is -0.0518. The van der Waals surface area contributed by atoms with Gasteiger partial charge in [-0.1, -0.05) is 30.3 Å². The molecule has 1 aromatic carbocycles. The summed E-state index contributed by atoms with van der Waals surface area (Å²) in [5.41, 5.74) is 1.92. The van der Waals surface area contributed by atoms with Crippen molar-refractivity contribution in [2.75, 3.05) is 11.9 Å². The van der Waals surface area contributed by atoms with E-state index in [1.807, 2.05) is 36.4 Å². The Morgan fingerprint density at radius 3 is 2.67 bits per heavy atom. The number of nitrogens with zero attached hydrogens (tertiary/aromatic N) is 2. The van der Waals surface area contributed by atoms with Gasteiger partial charge in [-0.05, 0) is 17.7 Å². The molecule has 18 heavy (non-hydrogen) atoms. The molecule has 0 saturated heterocycles. The minimum Gasteiger partial charge on any atom is -0.394 e. The minimum atomic E-state index is -0.248. The first-order valence-electron chi connectivity index (χ1n) is 5.62. The monoisotopic (exact) mass is 239 g/mol. The molecule has 1 aromatic heterocycles. The van der Waals surface area contributed by atoms with Crippen LogP contribution in [0.15, 0.2) is 48.7 Å². The first kappa shape index (κ1) is 12.1. The fourth-order valence-electron chi connectivity index (χ4n) is 1.72. The number of hydrogen-bond acceptors (Lipinski definition) is 4. The largest absolute Gasteiger partial charge is 0.394 e. The molecule has 0 aliphatic rings. The van der Waals surface area contributed by atoms with Gasteiger partial charge < -0.3 is 10.4 Å². The van der Waals surface area contributed by atoms with Gasteiger partial charge in [0.25, 0.3) is 0 Å². The molecular formula is C14H13N3O. The van der Waals surface area contributed by atoms with Gasteiger partial charge in [-0.25, -0.2) is 4.98 Å². The van der Waals surface area contributed by atoms with E-state index in [1.165, 1.54) is 0 Å². The maximum Gasteiger partial charge on any atom is 0.163 e. The Morgan fingerprint density at radius 1 is 1.22 bits per heavy atom. The topological polar surface area (TPSA) is 68.9 Å². The van der Waals surface area contributed by atoms with Gasteiger partial charge in [0.05, 0.1) is 18.3 Å². The molecular weight excluding hydrogens is 226 g/mol. The van der Waals surface area contributed by atoms with E-state index in [9.17, 15) is 5.11 Å². The molecule has 0 fully saturated rings. The molecule has 1 heterocycles. The summed E-state index contributed by atoms with van der Waals surface area (Å²) in [4.78, 5) is 3.97. The van der Waals surface area contributed by atoms with E-state index in [0.717, 1.165) is 5.56 Å². The molecule has 0 saturated carbocycles. The second-order valence-corrected chi connectivity index (χ2v) is 3.80. The molecule has 0 aliphatic carbocycles. The smallest absolute Gasteiger partial charge is 0.163 e. The lowest BCUT2D eigenvalue weighted by Crippen LogP contribution is -2.15. The van der Waals surface area contributed by atoms with E-state index in [2.05, 4.69) is 10.3 Å². The Labute approximate surface area is 106 Å². The van der Waals surface area contributed by atoms with Crippen LogP contribution in [0.4, 0.5) is 5.69 Å². The summed E-state index contributed by atoms with van der Waals surface area (Å²) in [6.07, 6.45) is 1.57. The standard InChI is InChI=1S/C14H13N3O/c15-9-13-12(7-4-8-16-13)17-14(10-18)11-5-2-1-3-6-11/h1-8,14,17-18H,10H2. The molecule has 0 aliphatic heterocycles. The third-order valence-electron chi connectivity index (χ3n) is 2.63. The van der Waals surface area contributed by atoms with Crippen molar-refractivity contribution >= 4 is 5.69 Å². The third-order valence-corrected chi connectivity index (χ3v) is 2.63. The zero-order valence-electron chi connectivity index (χ0n) is 9.74. The maximum absolute atomic E-state index is 9.44. The Bertz CT molecular complexity index is 548. The number of rotatable bonds is 4. The summed E-state index contributed by atoms with van der Waals surface area (Å²) in [5.74, 6) is 0. The number of pyridine rings is 1. The first-order chi connectivity index (χ1) is 8.85. The molecule has 0 bridgehead atoms. The number of benzene rings is 1. The molecule has 4 nitrogen and oxygen atoms in total. The number of nitriles is 1. The Morgan fingerprint density at radius 2 is 2.00 bits per heavy atom. The summed E-state index contributed by atoms with van der Waals surface area (Å²) in [5, 5.41) is 21.5. The van der Waals surface area contributed by atoms with Gasteiger partial charge in [0.15, 0.2) is 5.69 Å². The quantitative estimate of drug-likeness (QED) is 0.857. The Hall–Kier alpha value is -2.38. The molecule has 0 spiro atoms. The van der Waals surface area contributed by atoms with Crippen LogP contribution in [0.5, 0.6) is 0 Å². The van der Waals surface area contributed by atoms with Crippen LogP contribution in [0, 0.1) is 11.3 Å². The van der Waals surface area contributed by atoms with Crippen LogP contribution in [-0.4, -0.2) is 16.7 Å². The average Bonchev–Trinajstić information content (AvgIpc) is 2.46. The van der Waals surface area contributed by atoms with Crippen molar-refractivity contribution in [2.24, 2.45) is 0 Å². The van der Waals surface area contributed by atoms with Crippen LogP contribution >= 0.6 is 0 Å². The van der Waals surface area contributed by atoms with Crippen molar-refractivity contribution in [1.82, 2.24) is 4.98 Å². The number of aromatic nitrogens is 1. The maximum atomic E-state index is 9.44. The van der Waals surface area contributed by atoms with Gasteiger partial charge in [0, 0.05) is 6.20 Å². The summed E-state index contributed by atoms with van der Waals surface area (Å²) in [7, 11) is 0. The van der Waals surface area contributed by atoms with Crippen molar-refractivity contribution < 1.29 is 5.11 Å². The van der Waals surface area contributed by atoms with Crippen LogP contribution in [0.1, 0.15) is 17.3 Å². The Balaban J connectivity index is 2.24. The van der Waals surface area contributed by atoms with Gasteiger partial charge in [0.1, 0.15) is 6.07 Å². The number of nitrogens with one attached hydrogen (secondary N) is 1.